The van der Waals surface area contributed by atoms with Crippen LogP contribution < -0.4 is 9.64 Å². The fourth-order valence-corrected chi connectivity index (χ4v) is 2.98. The Morgan fingerprint density at radius 3 is 2.33 bits per heavy atom. The van der Waals surface area contributed by atoms with E-state index in [0.717, 1.165) is 17.0 Å². The third-order valence-electron chi connectivity index (χ3n) is 4.17. The maximum Gasteiger partial charge on any atom is 0.302 e. The van der Waals surface area contributed by atoms with E-state index in [2.05, 4.69) is 0 Å². The van der Waals surface area contributed by atoms with Gasteiger partial charge >= 0.3 is 5.97 Å². The highest BCUT2D eigenvalue weighted by Crippen LogP contribution is 2.43. The first-order valence-electron chi connectivity index (χ1n) is 7.77. The zero-order valence-electron chi connectivity index (χ0n) is 13.6. The maximum atomic E-state index is 12.6. The van der Waals surface area contributed by atoms with Crippen molar-refractivity contribution in [1.82, 2.24) is 0 Å². The van der Waals surface area contributed by atoms with Crippen LogP contribution in [0.3, 0.4) is 0 Å². The van der Waals surface area contributed by atoms with Crippen LogP contribution in [0.4, 0.5) is 5.69 Å². The number of para-hydroxylation sites is 1. The summed E-state index contributed by atoms with van der Waals surface area (Å²) >= 11 is 0. The largest absolute Gasteiger partial charge is 0.497 e. The number of nitrogens with zero attached hydrogens (tertiary/aromatic N) is 1. The van der Waals surface area contributed by atoms with E-state index >= 15 is 0 Å². The minimum absolute atomic E-state index is 0.0386. The van der Waals surface area contributed by atoms with Gasteiger partial charge in [-0.2, -0.15) is 0 Å². The van der Waals surface area contributed by atoms with E-state index in [0.29, 0.717) is 0 Å². The molecule has 24 heavy (non-hydrogen) atoms. The SMILES string of the molecule is COc1ccc([C@@H]2[C@@H](COC(C)=O)C(=O)N2c2ccccc2)cc1. The Balaban J connectivity index is 1.90. The van der Waals surface area contributed by atoms with Crippen LogP contribution in [0.15, 0.2) is 54.6 Å². The third-order valence-corrected chi connectivity index (χ3v) is 4.17. The van der Waals surface area contributed by atoms with Gasteiger partial charge in [0.05, 0.1) is 19.1 Å². The first-order chi connectivity index (χ1) is 11.6. The lowest BCUT2D eigenvalue weighted by molar-refractivity contribution is -0.146. The summed E-state index contributed by atoms with van der Waals surface area (Å²) < 4.78 is 10.3. The van der Waals surface area contributed by atoms with Crippen LogP contribution >= 0.6 is 0 Å². The van der Waals surface area contributed by atoms with Crippen LogP contribution in [0, 0.1) is 5.92 Å². The molecule has 0 unspecified atom stereocenters. The summed E-state index contributed by atoms with van der Waals surface area (Å²) in [5.41, 5.74) is 1.82. The number of ether oxygens (including phenoxy) is 2. The molecule has 1 aliphatic heterocycles. The number of carbonyl (C=O) groups is 2. The number of amides is 1. The summed E-state index contributed by atoms with van der Waals surface area (Å²) in [6, 6.07) is 16.9. The highest BCUT2D eigenvalue weighted by Gasteiger charge is 2.49. The molecule has 2 aromatic rings. The zero-order valence-corrected chi connectivity index (χ0v) is 13.6. The van der Waals surface area contributed by atoms with Crippen molar-refractivity contribution in [1.29, 1.82) is 0 Å². The van der Waals surface area contributed by atoms with Crippen molar-refractivity contribution in [3.05, 3.63) is 60.2 Å². The smallest absolute Gasteiger partial charge is 0.302 e. The Kier molecular flexibility index (Phi) is 4.51. The number of β-lactam (4-membered cyclic amide) rings is 1. The normalized spacial score (nSPS) is 19.6. The van der Waals surface area contributed by atoms with E-state index in [1.165, 1.54) is 6.92 Å². The van der Waals surface area contributed by atoms with Crippen LogP contribution in [-0.2, 0) is 14.3 Å². The summed E-state index contributed by atoms with van der Waals surface area (Å²) in [5, 5.41) is 0. The molecule has 5 heteroatoms. The summed E-state index contributed by atoms with van der Waals surface area (Å²) in [5.74, 6) is -0.0348. The molecule has 1 fully saturated rings. The molecule has 0 bridgehead atoms. The molecular formula is C19H19NO4. The predicted molar refractivity (Wildman–Crippen MR) is 89.8 cm³/mol. The van der Waals surface area contributed by atoms with E-state index in [1.54, 1.807) is 12.0 Å². The molecule has 0 spiro atoms. The van der Waals surface area contributed by atoms with Gasteiger partial charge in [0.2, 0.25) is 5.91 Å². The summed E-state index contributed by atoms with van der Waals surface area (Å²) in [7, 11) is 1.61. The topological polar surface area (TPSA) is 55.8 Å². The summed E-state index contributed by atoms with van der Waals surface area (Å²) in [4.78, 5) is 25.4. The van der Waals surface area contributed by atoms with Crippen molar-refractivity contribution < 1.29 is 19.1 Å². The molecule has 1 amide bonds. The fraction of sp³-hybridized carbons (Fsp3) is 0.263. The van der Waals surface area contributed by atoms with Gasteiger partial charge in [0.1, 0.15) is 12.4 Å². The lowest BCUT2D eigenvalue weighted by Gasteiger charge is -2.47. The van der Waals surface area contributed by atoms with Crippen LogP contribution in [0.25, 0.3) is 0 Å². The second-order valence-corrected chi connectivity index (χ2v) is 5.67. The third kappa shape index (κ3) is 2.97. The molecule has 2 aromatic carbocycles. The van der Waals surface area contributed by atoms with Gasteiger partial charge in [0.25, 0.3) is 0 Å². The molecular weight excluding hydrogens is 306 g/mol. The highest BCUT2D eigenvalue weighted by atomic mass is 16.5. The number of carbonyl (C=O) groups excluding carboxylic acids is 2. The first kappa shape index (κ1) is 16.1. The number of rotatable bonds is 5. The molecule has 0 saturated carbocycles. The van der Waals surface area contributed by atoms with Gasteiger partial charge < -0.3 is 14.4 Å². The molecule has 1 aliphatic rings. The Morgan fingerprint density at radius 1 is 1.08 bits per heavy atom. The van der Waals surface area contributed by atoms with Gasteiger partial charge in [-0.3, -0.25) is 9.59 Å². The van der Waals surface area contributed by atoms with Crippen molar-refractivity contribution in [2.24, 2.45) is 5.92 Å². The Labute approximate surface area is 140 Å². The Hall–Kier alpha value is -2.82. The fourth-order valence-electron chi connectivity index (χ4n) is 2.98. The molecule has 0 radical (unpaired) electrons. The van der Waals surface area contributed by atoms with Crippen molar-refractivity contribution in [3.63, 3.8) is 0 Å². The molecule has 3 rings (SSSR count). The average Bonchev–Trinajstić information content (AvgIpc) is 2.60. The van der Waals surface area contributed by atoms with E-state index < -0.39 is 0 Å². The number of hydrogen-bond acceptors (Lipinski definition) is 4. The minimum atomic E-state index is -0.380. The van der Waals surface area contributed by atoms with Gasteiger partial charge in [-0.1, -0.05) is 30.3 Å². The van der Waals surface area contributed by atoms with Crippen molar-refractivity contribution >= 4 is 17.6 Å². The predicted octanol–water partition coefficient (Wildman–Crippen LogP) is 2.96. The van der Waals surface area contributed by atoms with Gasteiger partial charge in [0, 0.05) is 12.6 Å². The highest BCUT2D eigenvalue weighted by molar-refractivity contribution is 6.03. The molecule has 1 heterocycles. The van der Waals surface area contributed by atoms with Crippen molar-refractivity contribution in [3.8, 4) is 5.75 Å². The summed E-state index contributed by atoms with van der Waals surface area (Å²) in [6.45, 7) is 1.44. The number of benzene rings is 2. The molecule has 2 atom stereocenters. The monoisotopic (exact) mass is 325 g/mol. The lowest BCUT2D eigenvalue weighted by atomic mass is 9.82. The van der Waals surface area contributed by atoms with Crippen LogP contribution in [0.1, 0.15) is 18.5 Å². The van der Waals surface area contributed by atoms with Gasteiger partial charge in [0.15, 0.2) is 0 Å². The van der Waals surface area contributed by atoms with E-state index in [9.17, 15) is 9.59 Å². The molecule has 1 saturated heterocycles. The number of methoxy groups -OCH3 is 1. The van der Waals surface area contributed by atoms with E-state index in [-0.39, 0.29) is 30.4 Å². The average molecular weight is 325 g/mol. The van der Waals surface area contributed by atoms with E-state index in [4.69, 9.17) is 9.47 Å². The second-order valence-electron chi connectivity index (χ2n) is 5.67. The number of esters is 1. The van der Waals surface area contributed by atoms with Crippen molar-refractivity contribution in [2.75, 3.05) is 18.6 Å². The minimum Gasteiger partial charge on any atom is -0.497 e. The molecule has 5 nitrogen and oxygen atoms in total. The van der Waals surface area contributed by atoms with Gasteiger partial charge in [-0.25, -0.2) is 0 Å². The van der Waals surface area contributed by atoms with Crippen LogP contribution in [0.5, 0.6) is 5.75 Å². The van der Waals surface area contributed by atoms with Crippen molar-refractivity contribution in [2.45, 2.75) is 13.0 Å². The number of hydrogen-bond donors (Lipinski definition) is 0. The van der Waals surface area contributed by atoms with E-state index in [1.807, 2.05) is 54.6 Å². The van der Waals surface area contributed by atoms with Gasteiger partial charge in [-0.15, -0.1) is 0 Å². The molecule has 0 N–H and O–H groups in total. The Bertz CT molecular complexity index is 727. The second kappa shape index (κ2) is 6.74. The standard InChI is InChI=1S/C19H19NO4/c1-13(21)24-12-17-18(14-8-10-16(23-2)11-9-14)20(19(17)22)15-6-4-3-5-7-15/h3-11,17-18H,12H2,1-2H3/t17-,18-/m1/s1. The number of anilines is 1. The lowest BCUT2D eigenvalue weighted by Crippen LogP contribution is -2.57. The van der Waals surface area contributed by atoms with Crippen LogP contribution in [0.2, 0.25) is 0 Å². The van der Waals surface area contributed by atoms with Crippen LogP contribution in [-0.4, -0.2) is 25.6 Å². The zero-order chi connectivity index (χ0) is 17.1. The maximum absolute atomic E-state index is 12.6. The quantitative estimate of drug-likeness (QED) is 0.626. The molecule has 0 aromatic heterocycles. The molecule has 0 aliphatic carbocycles. The van der Waals surface area contributed by atoms with Gasteiger partial charge in [-0.05, 0) is 29.8 Å². The molecule has 124 valence electrons. The Morgan fingerprint density at radius 2 is 1.75 bits per heavy atom. The summed E-state index contributed by atoms with van der Waals surface area (Å²) in [6.07, 6.45) is 0. The first-order valence-corrected chi connectivity index (χ1v) is 7.77.